The van der Waals surface area contributed by atoms with Gasteiger partial charge < -0.3 is 9.47 Å². The molecule has 1 aliphatic heterocycles. The molecule has 0 fully saturated rings. The van der Waals surface area contributed by atoms with Crippen LogP contribution in [0.5, 0.6) is 0 Å². The first-order valence-electron chi connectivity index (χ1n) is 9.43. The summed E-state index contributed by atoms with van der Waals surface area (Å²) in [7, 11) is 0. The van der Waals surface area contributed by atoms with E-state index in [-0.39, 0.29) is 29.4 Å². The Kier molecular flexibility index (Phi) is 4.10. The number of rotatable bonds is 2. The summed E-state index contributed by atoms with van der Waals surface area (Å²) in [5, 5.41) is 0. The number of benzene rings is 1. The summed E-state index contributed by atoms with van der Waals surface area (Å²) in [5.74, 6) is 0.319. The van der Waals surface area contributed by atoms with Crippen molar-refractivity contribution in [1.29, 1.82) is 0 Å². The lowest BCUT2D eigenvalue weighted by Crippen LogP contribution is -2.43. The van der Waals surface area contributed by atoms with Crippen LogP contribution in [-0.4, -0.2) is 18.0 Å². The lowest BCUT2D eigenvalue weighted by molar-refractivity contribution is -0.133. The molecular weight excluding hydrogens is 340 g/mol. The Balaban J connectivity index is 1.66. The highest BCUT2D eigenvalue weighted by molar-refractivity contribution is 5.94. The molecule has 0 aromatic heterocycles. The Morgan fingerprint density at radius 1 is 1.19 bits per heavy atom. The second-order valence-electron chi connectivity index (χ2n) is 7.99. The third kappa shape index (κ3) is 2.66. The summed E-state index contributed by atoms with van der Waals surface area (Å²) in [6, 6.07) is 9.10. The fourth-order valence-corrected chi connectivity index (χ4v) is 4.62. The molecule has 1 aromatic rings. The number of esters is 2. The molecule has 3 atom stereocenters. The Bertz CT molecular complexity index is 919. The standard InChI is InChI=1S/C23H24O4/c1-13-17-12-23(4)15(3)19(26-22(25)16-8-6-5-7-9-16)11-10-18(23)14(2)20(17)27-21(13)24/h5-10,15,19H,11-12H2,1-4H3. The predicted molar refractivity (Wildman–Crippen MR) is 102 cm³/mol. The molecular formula is C23H24O4. The maximum atomic E-state index is 12.5. The van der Waals surface area contributed by atoms with E-state index in [1.54, 1.807) is 12.1 Å². The largest absolute Gasteiger partial charge is 0.458 e. The maximum Gasteiger partial charge on any atom is 0.339 e. The number of carbonyl (C=O) groups is 2. The van der Waals surface area contributed by atoms with Gasteiger partial charge in [-0.2, -0.15) is 0 Å². The van der Waals surface area contributed by atoms with E-state index in [4.69, 9.17) is 9.47 Å². The first-order valence-corrected chi connectivity index (χ1v) is 9.43. The molecule has 0 amide bonds. The zero-order chi connectivity index (χ0) is 19.3. The van der Waals surface area contributed by atoms with E-state index < -0.39 is 0 Å². The van der Waals surface area contributed by atoms with Gasteiger partial charge in [0.05, 0.1) is 5.56 Å². The second-order valence-corrected chi connectivity index (χ2v) is 7.99. The van der Waals surface area contributed by atoms with Gasteiger partial charge in [0.15, 0.2) is 0 Å². The maximum absolute atomic E-state index is 12.5. The Hall–Kier alpha value is -2.62. The van der Waals surface area contributed by atoms with Crippen molar-refractivity contribution in [2.75, 3.05) is 0 Å². The van der Waals surface area contributed by atoms with Crippen molar-refractivity contribution in [3.05, 3.63) is 70.0 Å². The van der Waals surface area contributed by atoms with E-state index in [0.717, 1.165) is 23.3 Å². The monoisotopic (exact) mass is 364 g/mol. The molecule has 1 heterocycles. The average molecular weight is 364 g/mol. The number of allylic oxidation sites excluding steroid dienone is 3. The minimum Gasteiger partial charge on any atom is -0.458 e. The van der Waals surface area contributed by atoms with Crippen LogP contribution in [0.4, 0.5) is 0 Å². The second kappa shape index (κ2) is 6.22. The number of hydrogen-bond donors (Lipinski definition) is 0. The van der Waals surface area contributed by atoms with Crippen molar-refractivity contribution in [3.63, 3.8) is 0 Å². The van der Waals surface area contributed by atoms with Gasteiger partial charge in [-0.25, -0.2) is 9.59 Å². The van der Waals surface area contributed by atoms with Gasteiger partial charge in [-0.15, -0.1) is 0 Å². The van der Waals surface area contributed by atoms with Gasteiger partial charge in [-0.3, -0.25) is 0 Å². The molecule has 3 unspecified atom stereocenters. The Morgan fingerprint density at radius 2 is 1.89 bits per heavy atom. The van der Waals surface area contributed by atoms with Gasteiger partial charge in [0.25, 0.3) is 0 Å². The normalized spacial score (nSPS) is 29.8. The van der Waals surface area contributed by atoms with Crippen LogP contribution in [-0.2, 0) is 14.3 Å². The predicted octanol–water partition coefficient (Wildman–Crippen LogP) is 4.74. The van der Waals surface area contributed by atoms with Crippen molar-refractivity contribution < 1.29 is 19.1 Å². The Labute approximate surface area is 159 Å². The smallest absolute Gasteiger partial charge is 0.339 e. The zero-order valence-corrected chi connectivity index (χ0v) is 16.2. The Morgan fingerprint density at radius 3 is 2.59 bits per heavy atom. The molecule has 3 aliphatic rings. The summed E-state index contributed by atoms with van der Waals surface area (Å²) in [4.78, 5) is 24.6. The third-order valence-corrected chi connectivity index (χ3v) is 6.52. The molecule has 0 saturated carbocycles. The molecule has 0 spiro atoms. The van der Waals surface area contributed by atoms with E-state index in [9.17, 15) is 9.59 Å². The van der Waals surface area contributed by atoms with E-state index >= 15 is 0 Å². The van der Waals surface area contributed by atoms with Crippen molar-refractivity contribution in [2.24, 2.45) is 11.3 Å². The van der Waals surface area contributed by atoms with Crippen LogP contribution < -0.4 is 0 Å². The van der Waals surface area contributed by atoms with E-state index in [2.05, 4.69) is 19.9 Å². The van der Waals surface area contributed by atoms with Gasteiger partial charge in [-0.1, -0.05) is 38.1 Å². The topological polar surface area (TPSA) is 52.6 Å². The highest BCUT2D eigenvalue weighted by atomic mass is 16.5. The molecule has 0 bridgehead atoms. The molecule has 4 nitrogen and oxygen atoms in total. The van der Waals surface area contributed by atoms with Gasteiger partial charge in [0, 0.05) is 28.9 Å². The number of ether oxygens (including phenoxy) is 2. The lowest BCUT2D eigenvalue weighted by Gasteiger charge is -2.47. The van der Waals surface area contributed by atoms with E-state index in [0.29, 0.717) is 17.6 Å². The van der Waals surface area contributed by atoms with Crippen molar-refractivity contribution >= 4 is 11.9 Å². The van der Waals surface area contributed by atoms with Crippen molar-refractivity contribution in [3.8, 4) is 0 Å². The number of hydrogen-bond acceptors (Lipinski definition) is 4. The molecule has 1 aromatic carbocycles. The van der Waals surface area contributed by atoms with E-state index in [1.165, 1.54) is 5.57 Å². The summed E-state index contributed by atoms with van der Waals surface area (Å²) in [5.41, 5.74) is 4.31. The summed E-state index contributed by atoms with van der Waals surface area (Å²) in [6.45, 7) is 8.20. The van der Waals surface area contributed by atoms with Crippen LogP contribution in [0, 0.1) is 11.3 Å². The first-order chi connectivity index (χ1) is 12.8. The molecule has 4 rings (SSSR count). The lowest BCUT2D eigenvalue weighted by atomic mass is 9.58. The number of carbonyl (C=O) groups excluding carboxylic acids is 2. The quantitative estimate of drug-likeness (QED) is 0.712. The summed E-state index contributed by atoms with van der Waals surface area (Å²) in [6.07, 6.45) is 3.36. The number of fused-ring (bicyclic) bond motifs is 2. The molecule has 4 heteroatoms. The molecule has 0 radical (unpaired) electrons. The van der Waals surface area contributed by atoms with Crippen LogP contribution in [0.3, 0.4) is 0 Å². The van der Waals surface area contributed by atoms with Gasteiger partial charge in [-0.05, 0) is 43.5 Å². The molecule has 140 valence electrons. The highest BCUT2D eigenvalue weighted by Gasteiger charge is 2.49. The van der Waals surface area contributed by atoms with Gasteiger partial charge >= 0.3 is 11.9 Å². The fraction of sp³-hybridized carbons (Fsp3) is 0.391. The van der Waals surface area contributed by atoms with Crippen LogP contribution in [0.25, 0.3) is 0 Å². The summed E-state index contributed by atoms with van der Waals surface area (Å²) >= 11 is 0. The van der Waals surface area contributed by atoms with Gasteiger partial charge in [0.1, 0.15) is 11.9 Å². The van der Waals surface area contributed by atoms with Crippen LogP contribution in [0.1, 0.15) is 50.9 Å². The van der Waals surface area contributed by atoms with Crippen molar-refractivity contribution in [1.82, 2.24) is 0 Å². The van der Waals surface area contributed by atoms with Crippen LogP contribution >= 0.6 is 0 Å². The summed E-state index contributed by atoms with van der Waals surface area (Å²) < 4.78 is 11.4. The molecule has 0 N–H and O–H groups in total. The fourth-order valence-electron chi connectivity index (χ4n) is 4.62. The third-order valence-electron chi connectivity index (χ3n) is 6.52. The SMILES string of the molecule is CC1=C2CC3(C)C(=CCC(OC(=O)c4ccccc4)C3C)C(C)=C2OC1=O. The van der Waals surface area contributed by atoms with Crippen LogP contribution in [0.15, 0.2) is 64.5 Å². The highest BCUT2D eigenvalue weighted by Crippen LogP contribution is 2.56. The average Bonchev–Trinajstić information content (AvgIpc) is 2.94. The molecule has 0 saturated heterocycles. The van der Waals surface area contributed by atoms with Gasteiger partial charge in [0.2, 0.25) is 0 Å². The van der Waals surface area contributed by atoms with Crippen LogP contribution in [0.2, 0.25) is 0 Å². The van der Waals surface area contributed by atoms with Crippen molar-refractivity contribution in [2.45, 2.75) is 46.6 Å². The first kappa shape index (κ1) is 17.8. The minimum atomic E-state index is -0.286. The minimum absolute atomic E-state index is 0.123. The zero-order valence-electron chi connectivity index (χ0n) is 16.2. The van der Waals surface area contributed by atoms with E-state index in [1.807, 2.05) is 32.0 Å². The molecule has 27 heavy (non-hydrogen) atoms. The molecule has 2 aliphatic carbocycles.